The van der Waals surface area contributed by atoms with Gasteiger partial charge in [0.1, 0.15) is 13.2 Å². The number of nitrogens with one attached hydrogen (secondary N) is 3. The lowest BCUT2D eigenvalue weighted by atomic mass is 10.1. The van der Waals surface area contributed by atoms with Crippen molar-refractivity contribution in [1.82, 2.24) is 5.32 Å². The number of rotatable bonds is 6. The number of esters is 1. The molecule has 3 aromatic rings. The Balaban J connectivity index is 1.32. The number of carbonyl (C=O) groups excluding carboxylic acids is 3. The Morgan fingerprint density at radius 1 is 0.886 bits per heavy atom. The lowest BCUT2D eigenvalue weighted by molar-refractivity contribution is -0.123. The number of amides is 3. The van der Waals surface area contributed by atoms with E-state index in [-0.39, 0.29) is 5.56 Å². The quantitative estimate of drug-likeness (QED) is 0.455. The lowest BCUT2D eigenvalue weighted by Crippen LogP contribution is -2.37. The fourth-order valence-electron chi connectivity index (χ4n) is 3.46. The third-order valence-electron chi connectivity index (χ3n) is 5.41. The Kier molecular flexibility index (Phi) is 7.15. The first-order valence-electron chi connectivity index (χ1n) is 11.0. The Morgan fingerprint density at radius 2 is 1.63 bits per heavy atom. The molecule has 1 aliphatic heterocycles. The molecule has 3 N–H and O–H groups in total. The van der Waals surface area contributed by atoms with Crippen molar-refractivity contribution < 1.29 is 28.6 Å². The molecule has 9 nitrogen and oxygen atoms in total. The number of hydrogen-bond acceptors (Lipinski definition) is 7. The number of para-hydroxylation sites is 1. The van der Waals surface area contributed by atoms with Crippen molar-refractivity contribution in [3.8, 4) is 11.5 Å². The summed E-state index contributed by atoms with van der Waals surface area (Å²) in [6, 6.07) is 16.8. The summed E-state index contributed by atoms with van der Waals surface area (Å²) in [6.07, 6.45) is 0. The summed E-state index contributed by atoms with van der Waals surface area (Å²) in [5.74, 6) is -0.380. The van der Waals surface area contributed by atoms with Crippen molar-refractivity contribution >= 4 is 35.0 Å². The predicted octanol–water partition coefficient (Wildman–Crippen LogP) is 4.32. The van der Waals surface area contributed by atoms with Gasteiger partial charge in [0.2, 0.25) is 0 Å². The molecule has 9 heteroatoms. The molecule has 0 aromatic heterocycles. The molecule has 35 heavy (non-hydrogen) atoms. The number of hydrogen-bond donors (Lipinski definition) is 3. The number of anilines is 3. The molecule has 0 radical (unpaired) electrons. The molecule has 180 valence electrons. The predicted molar refractivity (Wildman–Crippen MR) is 131 cm³/mol. The van der Waals surface area contributed by atoms with Crippen molar-refractivity contribution in [3.05, 3.63) is 77.4 Å². The van der Waals surface area contributed by atoms with Crippen molar-refractivity contribution in [2.45, 2.75) is 13.8 Å². The van der Waals surface area contributed by atoms with Crippen LogP contribution in [-0.2, 0) is 9.53 Å². The van der Waals surface area contributed by atoms with E-state index in [4.69, 9.17) is 14.2 Å². The maximum atomic E-state index is 12.7. The van der Waals surface area contributed by atoms with Crippen LogP contribution >= 0.6 is 0 Å². The van der Waals surface area contributed by atoms with Crippen molar-refractivity contribution in [1.29, 1.82) is 0 Å². The number of fused-ring (bicyclic) bond motifs is 1. The van der Waals surface area contributed by atoms with Crippen LogP contribution in [0.1, 0.15) is 21.5 Å². The van der Waals surface area contributed by atoms with Crippen LogP contribution in [0, 0.1) is 13.8 Å². The van der Waals surface area contributed by atoms with Crippen LogP contribution in [-0.4, -0.2) is 37.7 Å². The van der Waals surface area contributed by atoms with Crippen LogP contribution in [0.5, 0.6) is 11.5 Å². The van der Waals surface area contributed by atoms with E-state index in [9.17, 15) is 14.4 Å². The van der Waals surface area contributed by atoms with Crippen LogP contribution in [0.25, 0.3) is 0 Å². The summed E-state index contributed by atoms with van der Waals surface area (Å²) in [5, 5.41) is 7.91. The van der Waals surface area contributed by atoms with Crippen molar-refractivity contribution in [2.75, 3.05) is 30.5 Å². The summed E-state index contributed by atoms with van der Waals surface area (Å²) < 4.78 is 16.0. The van der Waals surface area contributed by atoms with Gasteiger partial charge in [0.05, 0.1) is 11.3 Å². The van der Waals surface area contributed by atoms with Crippen LogP contribution in [0.15, 0.2) is 60.7 Å². The monoisotopic (exact) mass is 475 g/mol. The minimum Gasteiger partial charge on any atom is -0.486 e. The molecule has 0 saturated heterocycles. The molecule has 4 rings (SSSR count). The van der Waals surface area contributed by atoms with Gasteiger partial charge in [-0.2, -0.15) is 0 Å². The van der Waals surface area contributed by atoms with Crippen molar-refractivity contribution in [2.24, 2.45) is 0 Å². The zero-order valence-corrected chi connectivity index (χ0v) is 19.3. The second kappa shape index (κ2) is 10.6. The molecule has 0 fully saturated rings. The summed E-state index contributed by atoms with van der Waals surface area (Å²) >= 11 is 0. The number of ether oxygens (including phenoxy) is 3. The maximum Gasteiger partial charge on any atom is 0.340 e. The molecule has 0 saturated carbocycles. The molecular formula is C26H25N3O6. The maximum absolute atomic E-state index is 12.7. The van der Waals surface area contributed by atoms with Gasteiger partial charge in [-0.15, -0.1) is 0 Å². The second-order valence-electron chi connectivity index (χ2n) is 7.85. The Bertz CT molecular complexity index is 1270. The number of benzene rings is 3. The highest BCUT2D eigenvalue weighted by atomic mass is 16.6. The second-order valence-corrected chi connectivity index (χ2v) is 7.85. The van der Waals surface area contributed by atoms with E-state index in [0.29, 0.717) is 36.1 Å². The summed E-state index contributed by atoms with van der Waals surface area (Å²) in [6.45, 7) is 4.24. The number of aryl methyl sites for hydroxylation is 1. The van der Waals surface area contributed by atoms with Gasteiger partial charge in [-0.3, -0.25) is 10.1 Å². The number of imide groups is 1. The molecule has 1 heterocycles. The minimum absolute atomic E-state index is 0.266. The average molecular weight is 476 g/mol. The van der Waals surface area contributed by atoms with Gasteiger partial charge in [0.25, 0.3) is 5.91 Å². The Hall–Kier alpha value is -4.53. The Labute approximate surface area is 202 Å². The number of carbonyl (C=O) groups is 3. The molecular weight excluding hydrogens is 450 g/mol. The smallest absolute Gasteiger partial charge is 0.340 e. The molecule has 0 atom stereocenters. The van der Waals surface area contributed by atoms with E-state index in [2.05, 4.69) is 16.0 Å². The van der Waals surface area contributed by atoms with Gasteiger partial charge >= 0.3 is 12.0 Å². The fraction of sp³-hybridized carbons (Fsp3) is 0.192. The standard InChI is InChI=1S/C26H25N3O6/c1-16-6-5-9-20(17(16)2)28-21-8-4-3-7-19(21)25(31)35-15-24(30)29-26(32)27-18-10-11-22-23(14-18)34-13-12-33-22/h3-11,14,28H,12-13,15H2,1-2H3,(H2,27,29,30,32). The topological polar surface area (TPSA) is 115 Å². The molecule has 0 spiro atoms. The van der Waals surface area contributed by atoms with Gasteiger partial charge in [0.15, 0.2) is 18.1 Å². The summed E-state index contributed by atoms with van der Waals surface area (Å²) in [7, 11) is 0. The third kappa shape index (κ3) is 5.89. The SMILES string of the molecule is Cc1cccc(Nc2ccccc2C(=O)OCC(=O)NC(=O)Nc2ccc3c(c2)OCCO3)c1C. The first-order chi connectivity index (χ1) is 16.9. The summed E-state index contributed by atoms with van der Waals surface area (Å²) in [4.78, 5) is 37.0. The molecule has 0 aliphatic carbocycles. The average Bonchev–Trinajstić information content (AvgIpc) is 2.85. The van der Waals surface area contributed by atoms with Crippen LogP contribution < -0.4 is 25.4 Å². The van der Waals surface area contributed by atoms with Gasteiger partial charge in [0, 0.05) is 17.4 Å². The van der Waals surface area contributed by atoms with Crippen LogP contribution in [0.4, 0.5) is 21.9 Å². The van der Waals surface area contributed by atoms with E-state index in [1.165, 1.54) is 0 Å². The van der Waals surface area contributed by atoms with Gasteiger partial charge in [-0.1, -0.05) is 24.3 Å². The highest BCUT2D eigenvalue weighted by molar-refractivity contribution is 6.03. The van der Waals surface area contributed by atoms with E-state index < -0.39 is 24.5 Å². The van der Waals surface area contributed by atoms with Gasteiger partial charge in [-0.05, 0) is 55.3 Å². The highest BCUT2D eigenvalue weighted by Gasteiger charge is 2.17. The van der Waals surface area contributed by atoms with E-state index in [0.717, 1.165) is 16.8 Å². The molecule has 3 amide bonds. The van der Waals surface area contributed by atoms with E-state index in [1.54, 1.807) is 42.5 Å². The van der Waals surface area contributed by atoms with Gasteiger partial charge < -0.3 is 24.8 Å². The molecule has 3 aromatic carbocycles. The first-order valence-corrected chi connectivity index (χ1v) is 11.0. The van der Waals surface area contributed by atoms with Crippen LogP contribution in [0.3, 0.4) is 0 Å². The minimum atomic E-state index is -0.770. The summed E-state index contributed by atoms with van der Waals surface area (Å²) in [5.41, 5.74) is 4.26. The number of urea groups is 1. The molecule has 0 unspecified atom stereocenters. The fourth-order valence-corrected chi connectivity index (χ4v) is 3.46. The molecule has 1 aliphatic rings. The van der Waals surface area contributed by atoms with Gasteiger partial charge in [-0.25, -0.2) is 9.59 Å². The molecule has 0 bridgehead atoms. The van der Waals surface area contributed by atoms with E-state index >= 15 is 0 Å². The Morgan fingerprint density at radius 3 is 2.46 bits per heavy atom. The third-order valence-corrected chi connectivity index (χ3v) is 5.41. The first kappa shape index (κ1) is 23.6. The largest absolute Gasteiger partial charge is 0.486 e. The van der Waals surface area contributed by atoms with E-state index in [1.807, 2.05) is 32.0 Å². The normalized spacial score (nSPS) is 11.8. The zero-order chi connectivity index (χ0) is 24.8. The highest BCUT2D eigenvalue weighted by Crippen LogP contribution is 2.32. The lowest BCUT2D eigenvalue weighted by Gasteiger charge is -2.19. The van der Waals surface area contributed by atoms with Crippen LogP contribution in [0.2, 0.25) is 0 Å². The zero-order valence-electron chi connectivity index (χ0n) is 19.3. The van der Waals surface area contributed by atoms with Crippen molar-refractivity contribution in [3.63, 3.8) is 0 Å².